The van der Waals surface area contributed by atoms with E-state index in [-0.39, 0.29) is 0 Å². The van der Waals surface area contributed by atoms with Crippen LogP contribution >= 0.6 is 0 Å². The Morgan fingerprint density at radius 1 is 1.43 bits per heavy atom. The van der Waals surface area contributed by atoms with Crippen molar-refractivity contribution in [1.29, 1.82) is 0 Å². The third-order valence-electron chi connectivity index (χ3n) is 0.211. The zero-order valence-corrected chi connectivity index (χ0v) is 4.33. The largest absolute Gasteiger partial charge is 0.351 e. The molecule has 0 aliphatic rings. The van der Waals surface area contributed by atoms with Gasteiger partial charge in [-0.15, -0.1) is 0 Å². The van der Waals surface area contributed by atoms with Gasteiger partial charge in [0.15, 0.2) is 0 Å². The van der Waals surface area contributed by atoms with Crippen LogP contribution in [0.2, 0.25) is 0 Å². The summed E-state index contributed by atoms with van der Waals surface area (Å²) in [5.41, 5.74) is 0. The van der Waals surface area contributed by atoms with Crippen LogP contribution in [-0.4, -0.2) is 35.9 Å². The normalized spacial score (nSPS) is 5.71. The Bertz CT molecular complexity index is 37.2. The van der Waals surface area contributed by atoms with Crippen molar-refractivity contribution in [1.82, 2.24) is 4.90 Å². The quantitative estimate of drug-likeness (QED) is 0.275. The van der Waals surface area contributed by atoms with Gasteiger partial charge in [0, 0.05) is 14.1 Å². The van der Waals surface area contributed by atoms with Gasteiger partial charge in [0.1, 0.15) is 0 Å². The van der Waals surface area contributed by atoms with Crippen LogP contribution in [0.3, 0.4) is 0 Å². The number of hydrogen-bond donors (Lipinski definition) is 2. The van der Waals surface area contributed by atoms with Crippen molar-refractivity contribution >= 4 is 6.41 Å². The molecule has 7 heavy (non-hydrogen) atoms. The number of carbonyl (C=O) groups excluding carboxylic acids is 1. The summed E-state index contributed by atoms with van der Waals surface area (Å²) < 4.78 is 0. The SMILES string of the molecule is CN(C)C=O.OO. The van der Waals surface area contributed by atoms with Gasteiger partial charge in [0.05, 0.1) is 0 Å². The molecule has 0 saturated carbocycles. The molecule has 0 spiro atoms. The molecule has 0 aromatic carbocycles. The lowest BCUT2D eigenvalue weighted by Gasteiger charge is -1.93. The molecular formula is C3H9NO3. The lowest BCUT2D eigenvalue weighted by atomic mass is 11.0. The topological polar surface area (TPSA) is 60.8 Å². The number of amides is 1. The molecule has 0 heterocycles. The Hall–Kier alpha value is -0.610. The van der Waals surface area contributed by atoms with Crippen LogP contribution in [0.15, 0.2) is 0 Å². The van der Waals surface area contributed by atoms with Gasteiger partial charge in [0.25, 0.3) is 0 Å². The van der Waals surface area contributed by atoms with Crippen molar-refractivity contribution in [2.45, 2.75) is 0 Å². The van der Waals surface area contributed by atoms with Gasteiger partial charge >= 0.3 is 0 Å². The van der Waals surface area contributed by atoms with Gasteiger partial charge in [0.2, 0.25) is 6.41 Å². The number of nitrogens with zero attached hydrogens (tertiary/aromatic N) is 1. The minimum absolute atomic E-state index is 0.750. The van der Waals surface area contributed by atoms with Gasteiger partial charge in [-0.2, -0.15) is 0 Å². The summed E-state index contributed by atoms with van der Waals surface area (Å²) in [6, 6.07) is 0. The van der Waals surface area contributed by atoms with Gasteiger partial charge in [-0.25, -0.2) is 0 Å². The van der Waals surface area contributed by atoms with Crippen LogP contribution in [0.25, 0.3) is 0 Å². The molecule has 0 unspecified atom stereocenters. The fraction of sp³-hybridized carbons (Fsp3) is 0.667. The summed E-state index contributed by atoms with van der Waals surface area (Å²) in [7, 11) is 3.38. The molecule has 4 heteroatoms. The Morgan fingerprint density at radius 2 is 1.57 bits per heavy atom. The molecule has 0 rings (SSSR count). The maximum atomic E-state index is 9.43. The molecule has 4 nitrogen and oxygen atoms in total. The molecule has 1 amide bonds. The molecule has 0 aromatic rings. The maximum absolute atomic E-state index is 9.43. The molecule has 0 atom stereocenters. The second kappa shape index (κ2) is 9.04. The van der Waals surface area contributed by atoms with E-state index in [1.165, 1.54) is 4.90 Å². The minimum Gasteiger partial charge on any atom is -0.351 e. The highest BCUT2D eigenvalue weighted by molar-refractivity contribution is 5.45. The standard InChI is InChI=1S/C3H7NO.H2O2/c1-4(2)3-5;1-2/h3H,1-2H3;1-2H. The van der Waals surface area contributed by atoms with Crippen molar-refractivity contribution in [3.8, 4) is 0 Å². The van der Waals surface area contributed by atoms with Crippen LogP contribution in [0.5, 0.6) is 0 Å². The van der Waals surface area contributed by atoms with E-state index in [1.807, 2.05) is 0 Å². The van der Waals surface area contributed by atoms with Crippen molar-refractivity contribution in [2.75, 3.05) is 14.1 Å². The van der Waals surface area contributed by atoms with Crippen LogP contribution in [-0.2, 0) is 4.79 Å². The number of rotatable bonds is 1. The van der Waals surface area contributed by atoms with Crippen molar-refractivity contribution in [2.24, 2.45) is 0 Å². The van der Waals surface area contributed by atoms with E-state index in [0.29, 0.717) is 0 Å². The molecule has 2 N–H and O–H groups in total. The first kappa shape index (κ1) is 9.63. The number of carbonyl (C=O) groups is 1. The number of hydrogen-bond acceptors (Lipinski definition) is 3. The van der Waals surface area contributed by atoms with Gasteiger partial charge < -0.3 is 4.90 Å². The average Bonchev–Trinajstić information content (AvgIpc) is 1.73. The maximum Gasteiger partial charge on any atom is 0.209 e. The fourth-order valence-corrected chi connectivity index (χ4v) is 0. The predicted octanol–water partition coefficient (Wildman–Crippen LogP) is -0.278. The van der Waals surface area contributed by atoms with Crippen molar-refractivity contribution in [3.05, 3.63) is 0 Å². The van der Waals surface area contributed by atoms with Gasteiger partial charge in [-0.1, -0.05) is 0 Å². The Kier molecular flexibility index (Phi) is 12.4. The second-order valence-electron chi connectivity index (χ2n) is 1.07. The lowest BCUT2D eigenvalue weighted by Crippen LogP contribution is -2.06. The molecular weight excluding hydrogens is 98.0 g/mol. The Balaban J connectivity index is 0. The molecule has 0 radical (unpaired) electrons. The highest BCUT2D eigenvalue weighted by Crippen LogP contribution is 1.52. The van der Waals surface area contributed by atoms with Crippen molar-refractivity contribution < 1.29 is 15.3 Å². The van der Waals surface area contributed by atoms with E-state index in [9.17, 15) is 4.79 Å². The molecule has 0 aromatic heterocycles. The summed E-state index contributed by atoms with van der Waals surface area (Å²) in [6.07, 6.45) is 0.750. The molecule has 0 saturated heterocycles. The smallest absolute Gasteiger partial charge is 0.209 e. The minimum atomic E-state index is 0.750. The second-order valence-corrected chi connectivity index (χ2v) is 1.07. The van der Waals surface area contributed by atoms with Gasteiger partial charge in [-0.05, 0) is 0 Å². The van der Waals surface area contributed by atoms with Gasteiger partial charge in [-0.3, -0.25) is 15.3 Å². The van der Waals surface area contributed by atoms with E-state index in [2.05, 4.69) is 0 Å². The summed E-state index contributed by atoms with van der Waals surface area (Å²) in [5.74, 6) is 0. The van der Waals surface area contributed by atoms with E-state index in [4.69, 9.17) is 10.5 Å². The third-order valence-corrected chi connectivity index (χ3v) is 0.211. The van der Waals surface area contributed by atoms with E-state index < -0.39 is 0 Å². The Labute approximate surface area is 41.9 Å². The lowest BCUT2D eigenvalue weighted by molar-refractivity contribution is -0.176. The first-order valence-corrected chi connectivity index (χ1v) is 1.59. The van der Waals surface area contributed by atoms with E-state index in [0.717, 1.165) is 6.41 Å². The summed E-state index contributed by atoms with van der Waals surface area (Å²) in [4.78, 5) is 10.9. The first-order chi connectivity index (χ1) is 3.27. The molecule has 44 valence electrons. The monoisotopic (exact) mass is 107 g/mol. The highest BCUT2D eigenvalue weighted by Gasteiger charge is 1.68. The van der Waals surface area contributed by atoms with Crippen molar-refractivity contribution in [3.63, 3.8) is 0 Å². The van der Waals surface area contributed by atoms with Crippen LogP contribution in [0, 0.1) is 0 Å². The molecule has 0 bridgehead atoms. The zero-order valence-electron chi connectivity index (χ0n) is 4.33. The molecule has 0 aliphatic heterocycles. The Morgan fingerprint density at radius 3 is 1.57 bits per heavy atom. The van der Waals surface area contributed by atoms with E-state index in [1.54, 1.807) is 14.1 Å². The van der Waals surface area contributed by atoms with E-state index >= 15 is 0 Å². The zero-order chi connectivity index (χ0) is 6.28. The first-order valence-electron chi connectivity index (χ1n) is 1.59. The fourth-order valence-electron chi connectivity index (χ4n) is 0. The summed E-state index contributed by atoms with van der Waals surface area (Å²) in [6.45, 7) is 0. The third kappa shape index (κ3) is 32.1. The average molecular weight is 107 g/mol. The summed E-state index contributed by atoms with van der Waals surface area (Å²) in [5, 5.41) is 12.0. The van der Waals surface area contributed by atoms with Crippen LogP contribution < -0.4 is 0 Å². The predicted molar refractivity (Wildman–Crippen MR) is 25.0 cm³/mol. The molecule has 0 aliphatic carbocycles. The molecule has 0 fully saturated rings. The highest BCUT2D eigenvalue weighted by atomic mass is 17.0. The van der Waals surface area contributed by atoms with Crippen LogP contribution in [0.1, 0.15) is 0 Å². The summed E-state index contributed by atoms with van der Waals surface area (Å²) >= 11 is 0. The van der Waals surface area contributed by atoms with Crippen LogP contribution in [0.4, 0.5) is 0 Å².